The van der Waals surface area contributed by atoms with Gasteiger partial charge in [-0.2, -0.15) is 0 Å². The number of amides is 1. The molecule has 1 N–H and O–H groups in total. The fourth-order valence-corrected chi connectivity index (χ4v) is 3.93. The molecule has 0 aromatic rings. The summed E-state index contributed by atoms with van der Waals surface area (Å²) in [7, 11) is 0. The molecule has 2 nitrogen and oxygen atoms in total. The van der Waals surface area contributed by atoms with Crippen LogP contribution in [0.4, 0.5) is 0 Å². The van der Waals surface area contributed by atoms with Crippen molar-refractivity contribution >= 4 is 6.41 Å². The van der Waals surface area contributed by atoms with Gasteiger partial charge in [-0.25, -0.2) is 0 Å². The second kappa shape index (κ2) is 4.71. The van der Waals surface area contributed by atoms with Crippen LogP contribution in [0.3, 0.4) is 0 Å². The summed E-state index contributed by atoms with van der Waals surface area (Å²) in [4.78, 5) is 10.8. The zero-order valence-electron chi connectivity index (χ0n) is 12.3. The van der Waals surface area contributed by atoms with E-state index in [1.807, 2.05) is 0 Å². The van der Waals surface area contributed by atoms with Crippen molar-refractivity contribution in [1.29, 1.82) is 0 Å². The molecule has 0 bridgehead atoms. The molecule has 0 aliphatic heterocycles. The molecule has 1 spiro atoms. The lowest BCUT2D eigenvalue weighted by molar-refractivity contribution is -0.111. The van der Waals surface area contributed by atoms with Gasteiger partial charge in [-0.1, -0.05) is 32.4 Å². The maximum Gasteiger partial charge on any atom is 0.207 e. The van der Waals surface area contributed by atoms with Crippen LogP contribution in [-0.2, 0) is 4.79 Å². The van der Waals surface area contributed by atoms with Gasteiger partial charge in [0.2, 0.25) is 6.41 Å². The van der Waals surface area contributed by atoms with Crippen molar-refractivity contribution in [2.24, 2.45) is 17.3 Å². The Kier molecular flexibility index (Phi) is 3.57. The van der Waals surface area contributed by atoms with Gasteiger partial charge in [-0.3, -0.25) is 4.79 Å². The Morgan fingerprint density at radius 1 is 1.44 bits per heavy atom. The fraction of sp³-hybridized carbons (Fsp3) is 0.812. The molecule has 3 atom stereocenters. The van der Waals surface area contributed by atoms with Crippen LogP contribution < -0.4 is 5.32 Å². The number of carbonyl (C=O) groups is 1. The van der Waals surface area contributed by atoms with Gasteiger partial charge in [0.15, 0.2) is 0 Å². The first kappa shape index (κ1) is 13.6. The van der Waals surface area contributed by atoms with Gasteiger partial charge in [-0.15, -0.1) is 0 Å². The highest BCUT2D eigenvalue weighted by Crippen LogP contribution is 2.54. The number of rotatable bonds is 3. The van der Waals surface area contributed by atoms with Crippen LogP contribution in [0.15, 0.2) is 11.6 Å². The van der Waals surface area contributed by atoms with Gasteiger partial charge in [-0.05, 0) is 56.3 Å². The average Bonchev–Trinajstić information content (AvgIpc) is 2.62. The molecule has 2 heteroatoms. The molecule has 0 aromatic carbocycles. The van der Waals surface area contributed by atoms with Crippen LogP contribution in [0.25, 0.3) is 0 Å². The van der Waals surface area contributed by atoms with Gasteiger partial charge in [0.05, 0.1) is 0 Å². The predicted octanol–water partition coefficient (Wildman–Crippen LogP) is 3.67. The molecule has 0 radical (unpaired) electrons. The summed E-state index contributed by atoms with van der Waals surface area (Å²) in [5.41, 5.74) is 1.97. The third-order valence-corrected chi connectivity index (χ3v) is 5.33. The standard InChI is InChI=1S/C16H27NO/c1-12(2)14-6-5-13(3)16(9-14)8-7-15(4,10-16)17-11-18/h9,11-13H,5-8,10H2,1-4H3,(H,17,18). The average molecular weight is 249 g/mol. The summed E-state index contributed by atoms with van der Waals surface area (Å²) in [5, 5.41) is 3.05. The molecular weight excluding hydrogens is 222 g/mol. The molecule has 1 amide bonds. The van der Waals surface area contributed by atoms with Crippen molar-refractivity contribution in [3.8, 4) is 0 Å². The first-order valence-electron chi connectivity index (χ1n) is 7.34. The molecule has 2 aliphatic carbocycles. The molecule has 1 fully saturated rings. The van der Waals surface area contributed by atoms with Crippen molar-refractivity contribution < 1.29 is 4.79 Å². The van der Waals surface area contributed by atoms with Crippen LogP contribution in [0, 0.1) is 17.3 Å². The lowest BCUT2D eigenvalue weighted by atomic mass is 9.66. The smallest absolute Gasteiger partial charge is 0.207 e. The SMILES string of the molecule is CC(C)C1=CC2(CCC(C)(NC=O)C2)C(C)CC1. The van der Waals surface area contributed by atoms with Crippen molar-refractivity contribution in [2.45, 2.75) is 65.3 Å². The Labute approximate surface area is 111 Å². The van der Waals surface area contributed by atoms with E-state index in [2.05, 4.69) is 39.1 Å². The lowest BCUT2D eigenvalue weighted by Gasteiger charge is -2.40. The van der Waals surface area contributed by atoms with E-state index in [0.29, 0.717) is 11.3 Å². The van der Waals surface area contributed by atoms with Gasteiger partial charge >= 0.3 is 0 Å². The molecule has 102 valence electrons. The van der Waals surface area contributed by atoms with E-state index in [9.17, 15) is 4.79 Å². The summed E-state index contributed by atoms with van der Waals surface area (Å²) in [6, 6.07) is 0. The summed E-state index contributed by atoms with van der Waals surface area (Å²) in [5.74, 6) is 1.41. The number of carbonyl (C=O) groups excluding carboxylic acids is 1. The quantitative estimate of drug-likeness (QED) is 0.600. The third-order valence-electron chi connectivity index (χ3n) is 5.33. The largest absolute Gasteiger partial charge is 0.353 e. The van der Waals surface area contributed by atoms with Crippen LogP contribution >= 0.6 is 0 Å². The number of hydrogen-bond acceptors (Lipinski definition) is 1. The molecule has 0 heterocycles. The van der Waals surface area contributed by atoms with Crippen LogP contribution in [0.1, 0.15) is 59.8 Å². The first-order chi connectivity index (χ1) is 8.41. The normalized spacial score (nSPS) is 40.1. The molecule has 3 unspecified atom stereocenters. The Bertz CT molecular complexity index is 360. The van der Waals surface area contributed by atoms with E-state index < -0.39 is 0 Å². The topological polar surface area (TPSA) is 29.1 Å². The van der Waals surface area contributed by atoms with E-state index in [1.165, 1.54) is 19.3 Å². The second-order valence-corrected chi connectivity index (χ2v) is 7.05. The molecule has 2 rings (SSSR count). The maximum absolute atomic E-state index is 10.8. The zero-order chi connectivity index (χ0) is 13.4. The molecule has 1 saturated carbocycles. The van der Waals surface area contributed by atoms with Gasteiger partial charge in [0.25, 0.3) is 0 Å². The highest BCUT2D eigenvalue weighted by molar-refractivity contribution is 5.48. The minimum atomic E-state index is 0.00589. The number of allylic oxidation sites excluding steroid dienone is 2. The monoisotopic (exact) mass is 249 g/mol. The van der Waals surface area contributed by atoms with Crippen molar-refractivity contribution in [2.75, 3.05) is 0 Å². The van der Waals surface area contributed by atoms with Gasteiger partial charge < -0.3 is 5.32 Å². The Morgan fingerprint density at radius 3 is 2.78 bits per heavy atom. The lowest BCUT2D eigenvalue weighted by Crippen LogP contribution is -2.41. The summed E-state index contributed by atoms with van der Waals surface area (Å²) < 4.78 is 0. The Hall–Kier alpha value is -0.790. The number of hydrogen-bond donors (Lipinski definition) is 1. The third kappa shape index (κ3) is 2.34. The van der Waals surface area contributed by atoms with E-state index in [0.717, 1.165) is 25.2 Å². The zero-order valence-corrected chi connectivity index (χ0v) is 12.3. The van der Waals surface area contributed by atoms with Gasteiger partial charge in [0.1, 0.15) is 0 Å². The van der Waals surface area contributed by atoms with Crippen LogP contribution in [0.2, 0.25) is 0 Å². The Morgan fingerprint density at radius 2 is 2.17 bits per heavy atom. The first-order valence-corrected chi connectivity index (χ1v) is 7.34. The second-order valence-electron chi connectivity index (χ2n) is 7.05. The van der Waals surface area contributed by atoms with Crippen LogP contribution in [-0.4, -0.2) is 11.9 Å². The fourth-order valence-electron chi connectivity index (χ4n) is 3.93. The minimum absolute atomic E-state index is 0.00589. The predicted molar refractivity (Wildman–Crippen MR) is 75.2 cm³/mol. The highest BCUT2D eigenvalue weighted by Gasteiger charge is 2.48. The Balaban J connectivity index is 2.25. The molecular formula is C16H27NO. The van der Waals surface area contributed by atoms with Crippen molar-refractivity contribution in [3.05, 3.63) is 11.6 Å². The van der Waals surface area contributed by atoms with Crippen molar-refractivity contribution in [3.63, 3.8) is 0 Å². The van der Waals surface area contributed by atoms with E-state index in [4.69, 9.17) is 0 Å². The van der Waals surface area contributed by atoms with E-state index >= 15 is 0 Å². The highest BCUT2D eigenvalue weighted by atomic mass is 16.1. The minimum Gasteiger partial charge on any atom is -0.353 e. The molecule has 2 aliphatic rings. The molecule has 0 saturated heterocycles. The van der Waals surface area contributed by atoms with E-state index in [1.54, 1.807) is 5.57 Å². The maximum atomic E-state index is 10.8. The molecule has 18 heavy (non-hydrogen) atoms. The van der Waals surface area contributed by atoms with E-state index in [-0.39, 0.29) is 5.54 Å². The van der Waals surface area contributed by atoms with Crippen LogP contribution in [0.5, 0.6) is 0 Å². The van der Waals surface area contributed by atoms with Gasteiger partial charge in [0, 0.05) is 5.54 Å². The summed E-state index contributed by atoms with van der Waals surface area (Å²) in [6.07, 6.45) is 9.46. The summed E-state index contributed by atoms with van der Waals surface area (Å²) >= 11 is 0. The van der Waals surface area contributed by atoms with Crippen molar-refractivity contribution in [1.82, 2.24) is 5.32 Å². The number of nitrogens with one attached hydrogen (secondary N) is 1. The summed E-state index contributed by atoms with van der Waals surface area (Å²) in [6.45, 7) is 9.18. The molecule has 0 aromatic heterocycles.